The lowest BCUT2D eigenvalue weighted by Crippen LogP contribution is -2.42. The van der Waals surface area contributed by atoms with Crippen LogP contribution in [0.4, 0.5) is 4.39 Å². The minimum absolute atomic E-state index is 0.122. The number of nitrogens with zero attached hydrogens (tertiary/aromatic N) is 2. The molecule has 0 saturated carbocycles. The molecule has 2 aromatic rings. The SMILES string of the molecule is CC(C)OC(=O)[C@H](C)N[P@@](=O)(OC[C@H]1O[C@@H](Oc2ncc(Br)nc2C(N)=O)[C@@](F)(Cl)[C@@H]1O)Oc1ccccc1. The van der Waals surface area contributed by atoms with Gasteiger partial charge in [-0.1, -0.05) is 29.8 Å². The van der Waals surface area contributed by atoms with Crippen molar-refractivity contribution in [1.29, 1.82) is 0 Å². The Labute approximate surface area is 236 Å². The normalized spacial score (nSPS) is 25.1. The molecule has 1 saturated heterocycles. The number of hydrogen-bond acceptors (Lipinski definition) is 11. The van der Waals surface area contributed by atoms with Gasteiger partial charge in [0, 0.05) is 0 Å². The number of alkyl halides is 2. The number of esters is 1. The molecule has 0 bridgehead atoms. The number of aromatic nitrogens is 2. The first-order valence-corrected chi connectivity index (χ1v) is 14.1. The molecule has 4 N–H and O–H groups in total. The number of nitrogens with one attached hydrogen (secondary N) is 1. The van der Waals surface area contributed by atoms with Crippen molar-refractivity contribution in [2.24, 2.45) is 5.73 Å². The van der Waals surface area contributed by atoms with E-state index < -0.39 is 73.6 Å². The summed E-state index contributed by atoms with van der Waals surface area (Å²) in [5.74, 6) is -2.16. The molecule has 1 aliphatic rings. The van der Waals surface area contributed by atoms with Crippen LogP contribution in [0, 0.1) is 0 Å². The van der Waals surface area contributed by atoms with E-state index in [2.05, 4.69) is 31.0 Å². The summed E-state index contributed by atoms with van der Waals surface area (Å²) in [4.78, 5) is 31.6. The fourth-order valence-electron chi connectivity index (χ4n) is 3.16. The smallest absolute Gasteiger partial charge is 0.459 e. The van der Waals surface area contributed by atoms with Gasteiger partial charge >= 0.3 is 13.7 Å². The fraction of sp³-hybridized carbons (Fsp3) is 0.455. The Hall–Kier alpha value is -2.39. The molecule has 0 radical (unpaired) electrons. The molecule has 0 aliphatic carbocycles. The van der Waals surface area contributed by atoms with E-state index in [4.69, 9.17) is 40.6 Å². The number of primary amides is 1. The summed E-state index contributed by atoms with van der Waals surface area (Å²) < 4.78 is 55.7. The highest BCUT2D eigenvalue weighted by Crippen LogP contribution is 2.47. The van der Waals surface area contributed by atoms with Crippen molar-refractivity contribution in [3.8, 4) is 11.6 Å². The molecule has 1 amide bonds. The van der Waals surface area contributed by atoms with Gasteiger partial charge in [-0.2, -0.15) is 5.09 Å². The molecule has 1 aromatic heterocycles. The monoisotopic (exact) mass is 654 g/mol. The Kier molecular flexibility index (Phi) is 10.3. The highest BCUT2D eigenvalue weighted by molar-refractivity contribution is 9.10. The van der Waals surface area contributed by atoms with E-state index in [1.54, 1.807) is 32.0 Å². The molecule has 214 valence electrons. The maximum absolute atomic E-state index is 15.3. The number of ether oxygens (including phenoxy) is 3. The van der Waals surface area contributed by atoms with Crippen molar-refractivity contribution in [3.05, 3.63) is 46.8 Å². The van der Waals surface area contributed by atoms with Crippen LogP contribution in [-0.4, -0.2) is 69.3 Å². The van der Waals surface area contributed by atoms with E-state index in [1.165, 1.54) is 19.1 Å². The standard InChI is InChI=1S/C22H26BrClFN4O9P/c1-11(2)35-20(32)12(3)29-39(33,38-13-7-5-4-6-8-13)34-10-14-17(30)22(24,25)21(36-14)37-19-16(18(26)31)28-15(23)9-27-19/h4-9,11-12,14,17,21,30H,10H2,1-3H3,(H2,26,31)(H,29,33)/t12-,14+,17+,21-,22+,39+/m0/s1. The van der Waals surface area contributed by atoms with E-state index in [-0.39, 0.29) is 10.4 Å². The van der Waals surface area contributed by atoms with Gasteiger partial charge in [-0.15, -0.1) is 0 Å². The third-order valence-corrected chi connectivity index (χ3v) is 7.38. The lowest BCUT2D eigenvalue weighted by molar-refractivity contribution is -0.149. The Morgan fingerprint density at radius 3 is 2.62 bits per heavy atom. The molecule has 13 nitrogen and oxygen atoms in total. The first-order valence-electron chi connectivity index (χ1n) is 11.4. The van der Waals surface area contributed by atoms with Crippen molar-refractivity contribution >= 4 is 47.2 Å². The number of carbonyl (C=O) groups is 2. The molecule has 1 aliphatic heterocycles. The summed E-state index contributed by atoms with van der Waals surface area (Å²) >= 11 is 8.89. The number of hydrogen-bond donors (Lipinski definition) is 3. The van der Waals surface area contributed by atoms with E-state index in [0.717, 1.165) is 6.20 Å². The van der Waals surface area contributed by atoms with Crippen LogP contribution >= 0.6 is 35.3 Å². The van der Waals surface area contributed by atoms with E-state index in [1.807, 2.05) is 0 Å². The maximum Gasteiger partial charge on any atom is 0.459 e. The van der Waals surface area contributed by atoms with Gasteiger partial charge < -0.3 is 29.6 Å². The number of halogens is 3. The number of rotatable bonds is 12. The summed E-state index contributed by atoms with van der Waals surface area (Å²) in [5.41, 5.74) is 4.81. The minimum Gasteiger partial charge on any atom is -0.462 e. The van der Waals surface area contributed by atoms with Crippen LogP contribution < -0.4 is 20.1 Å². The number of amides is 1. The lowest BCUT2D eigenvalue weighted by atomic mass is 10.1. The van der Waals surface area contributed by atoms with Gasteiger partial charge in [0.25, 0.3) is 17.3 Å². The summed E-state index contributed by atoms with van der Waals surface area (Å²) in [6.07, 6.45) is -4.93. The highest BCUT2D eigenvalue weighted by Gasteiger charge is 2.59. The van der Waals surface area contributed by atoms with Crippen molar-refractivity contribution in [2.75, 3.05) is 6.61 Å². The molecule has 1 fully saturated rings. The first kappa shape index (κ1) is 31.1. The zero-order valence-corrected chi connectivity index (χ0v) is 24.1. The summed E-state index contributed by atoms with van der Waals surface area (Å²) in [6.45, 7) is 3.91. The van der Waals surface area contributed by atoms with Crippen molar-refractivity contribution in [3.63, 3.8) is 0 Å². The predicted octanol–water partition coefficient (Wildman–Crippen LogP) is 2.84. The molecular formula is C22H26BrClFN4O9P. The van der Waals surface area contributed by atoms with Crippen LogP contribution in [0.15, 0.2) is 41.1 Å². The van der Waals surface area contributed by atoms with E-state index in [9.17, 15) is 19.3 Å². The van der Waals surface area contributed by atoms with Crippen molar-refractivity contribution < 1.29 is 46.9 Å². The summed E-state index contributed by atoms with van der Waals surface area (Å²) in [6, 6.07) is 6.74. The second-order valence-electron chi connectivity index (χ2n) is 8.49. The van der Waals surface area contributed by atoms with Crippen molar-refractivity contribution in [1.82, 2.24) is 15.1 Å². The maximum atomic E-state index is 15.3. The molecule has 0 spiro atoms. The molecule has 17 heteroatoms. The predicted molar refractivity (Wildman–Crippen MR) is 138 cm³/mol. The fourth-order valence-corrected chi connectivity index (χ4v) is 5.18. The van der Waals surface area contributed by atoms with Gasteiger partial charge in [0.15, 0.2) is 5.69 Å². The number of carbonyl (C=O) groups excluding carboxylic acids is 2. The summed E-state index contributed by atoms with van der Waals surface area (Å²) in [7, 11) is -4.37. The number of benzene rings is 1. The minimum atomic E-state index is -4.37. The molecule has 3 rings (SSSR count). The van der Waals surface area contributed by atoms with Crippen LogP contribution in [0.25, 0.3) is 0 Å². The van der Waals surface area contributed by atoms with Gasteiger partial charge in [0.05, 0.1) is 18.9 Å². The van der Waals surface area contributed by atoms with Gasteiger partial charge in [-0.3, -0.25) is 14.1 Å². The molecule has 1 aromatic carbocycles. The molecule has 6 atom stereocenters. The zero-order chi connectivity index (χ0) is 29.0. The van der Waals surface area contributed by atoms with Crippen LogP contribution in [0.1, 0.15) is 31.3 Å². The highest BCUT2D eigenvalue weighted by atomic mass is 79.9. The molecule has 39 heavy (non-hydrogen) atoms. The first-order chi connectivity index (χ1) is 18.2. The largest absolute Gasteiger partial charge is 0.462 e. The second kappa shape index (κ2) is 12.9. The Balaban J connectivity index is 1.77. The number of nitrogens with two attached hydrogens (primary N) is 1. The average molecular weight is 656 g/mol. The van der Waals surface area contributed by atoms with Gasteiger partial charge in [-0.05, 0) is 48.8 Å². The van der Waals surface area contributed by atoms with Crippen LogP contribution in [0.3, 0.4) is 0 Å². The van der Waals surface area contributed by atoms with Crippen LogP contribution in [-0.2, 0) is 23.4 Å². The number of aliphatic hydroxyl groups is 1. The average Bonchev–Trinajstić information content (AvgIpc) is 3.06. The third kappa shape index (κ3) is 8.07. The van der Waals surface area contributed by atoms with E-state index in [0.29, 0.717) is 0 Å². The van der Waals surface area contributed by atoms with Crippen LogP contribution in [0.5, 0.6) is 11.6 Å². The molecular weight excluding hydrogens is 630 g/mol. The lowest BCUT2D eigenvalue weighted by Gasteiger charge is -2.25. The Morgan fingerprint density at radius 1 is 1.33 bits per heavy atom. The quantitative estimate of drug-likeness (QED) is 0.173. The Morgan fingerprint density at radius 2 is 2.00 bits per heavy atom. The molecule has 2 heterocycles. The number of aliphatic hydroxyl groups excluding tert-OH is 1. The van der Waals surface area contributed by atoms with Crippen molar-refractivity contribution in [2.45, 2.75) is 56.5 Å². The van der Waals surface area contributed by atoms with Gasteiger partial charge in [0.2, 0.25) is 5.88 Å². The van der Waals surface area contributed by atoms with Crippen LogP contribution in [0.2, 0.25) is 0 Å². The number of para-hydroxylation sites is 1. The van der Waals surface area contributed by atoms with Gasteiger partial charge in [-0.25, -0.2) is 18.9 Å². The van der Waals surface area contributed by atoms with Gasteiger partial charge in [0.1, 0.15) is 28.6 Å². The van der Waals surface area contributed by atoms with E-state index >= 15 is 4.39 Å². The second-order valence-corrected chi connectivity index (χ2v) is 11.6. The molecule has 0 unspecified atom stereocenters. The topological polar surface area (TPSA) is 181 Å². The summed E-state index contributed by atoms with van der Waals surface area (Å²) in [5, 5.41) is 9.88. The Bertz CT molecular complexity index is 1230. The third-order valence-electron chi connectivity index (χ3n) is 4.96. The zero-order valence-electron chi connectivity index (χ0n) is 20.8.